The van der Waals surface area contributed by atoms with E-state index in [2.05, 4.69) is 49.2 Å². The number of hydrogen-bond donors (Lipinski definition) is 1. The molecule has 0 unspecified atom stereocenters. The molecule has 0 amide bonds. The molecule has 0 bridgehead atoms. The summed E-state index contributed by atoms with van der Waals surface area (Å²) in [6, 6.07) is 10.4. The summed E-state index contributed by atoms with van der Waals surface area (Å²) in [7, 11) is 0. The van der Waals surface area contributed by atoms with Gasteiger partial charge in [-0.3, -0.25) is 0 Å². The van der Waals surface area contributed by atoms with E-state index < -0.39 is 0 Å². The third-order valence-corrected chi connectivity index (χ3v) is 2.04. The second-order valence-corrected chi connectivity index (χ2v) is 3.96. The number of nitrogens with one attached hydrogen (secondary N) is 1. The quantitative estimate of drug-likeness (QED) is 0.721. The van der Waals surface area contributed by atoms with Crippen molar-refractivity contribution in [3.8, 4) is 0 Å². The summed E-state index contributed by atoms with van der Waals surface area (Å²) in [6.45, 7) is 9.83. The second kappa shape index (κ2) is 6.20. The van der Waals surface area contributed by atoms with E-state index in [1.807, 2.05) is 13.0 Å². The van der Waals surface area contributed by atoms with Crippen LogP contribution in [0.5, 0.6) is 0 Å². The first kappa shape index (κ1) is 11.7. The number of hydrogen-bond acceptors (Lipinski definition) is 1. The lowest BCUT2D eigenvalue weighted by Gasteiger charge is -2.04. The number of benzene rings is 1. The van der Waals surface area contributed by atoms with Gasteiger partial charge in [-0.15, -0.1) is 0 Å². The highest BCUT2D eigenvalue weighted by atomic mass is 14.8. The van der Waals surface area contributed by atoms with Crippen LogP contribution >= 0.6 is 0 Å². The zero-order chi connectivity index (χ0) is 11.1. The standard InChI is InChI=1S/C14H19N/c1-12(2)10-15-11-13(3)9-14-7-5-4-6-8-14/h4-9,15H,1,10-11H2,2-3H3. The maximum absolute atomic E-state index is 3.85. The van der Waals surface area contributed by atoms with Gasteiger partial charge in [-0.2, -0.15) is 0 Å². The lowest BCUT2D eigenvalue weighted by atomic mass is 10.1. The second-order valence-electron chi connectivity index (χ2n) is 3.96. The topological polar surface area (TPSA) is 12.0 Å². The van der Waals surface area contributed by atoms with Gasteiger partial charge in [0, 0.05) is 13.1 Å². The van der Waals surface area contributed by atoms with Crippen molar-refractivity contribution in [2.75, 3.05) is 13.1 Å². The van der Waals surface area contributed by atoms with Crippen LogP contribution in [0.2, 0.25) is 0 Å². The fourth-order valence-electron chi connectivity index (χ4n) is 1.36. The molecule has 0 aliphatic rings. The van der Waals surface area contributed by atoms with Crippen LogP contribution in [0.1, 0.15) is 19.4 Å². The van der Waals surface area contributed by atoms with Crippen LogP contribution in [0, 0.1) is 0 Å². The van der Waals surface area contributed by atoms with Gasteiger partial charge < -0.3 is 5.32 Å². The average molecular weight is 201 g/mol. The van der Waals surface area contributed by atoms with Crippen molar-refractivity contribution >= 4 is 6.08 Å². The largest absolute Gasteiger partial charge is 0.309 e. The molecular weight excluding hydrogens is 182 g/mol. The minimum Gasteiger partial charge on any atom is -0.309 e. The Morgan fingerprint density at radius 3 is 2.47 bits per heavy atom. The smallest absolute Gasteiger partial charge is 0.0168 e. The predicted octanol–water partition coefficient (Wildman–Crippen LogP) is 3.26. The van der Waals surface area contributed by atoms with Gasteiger partial charge in [-0.1, -0.05) is 54.1 Å². The van der Waals surface area contributed by atoms with E-state index in [0.717, 1.165) is 13.1 Å². The van der Waals surface area contributed by atoms with Gasteiger partial charge in [0.15, 0.2) is 0 Å². The highest BCUT2D eigenvalue weighted by molar-refractivity contribution is 5.52. The minimum atomic E-state index is 0.889. The summed E-state index contributed by atoms with van der Waals surface area (Å²) in [6.07, 6.45) is 2.20. The van der Waals surface area contributed by atoms with E-state index in [9.17, 15) is 0 Å². The summed E-state index contributed by atoms with van der Waals surface area (Å²) in [5, 5.41) is 3.34. The molecule has 1 aromatic carbocycles. The summed E-state index contributed by atoms with van der Waals surface area (Å²) in [5.41, 5.74) is 3.76. The zero-order valence-electron chi connectivity index (χ0n) is 9.59. The van der Waals surface area contributed by atoms with E-state index >= 15 is 0 Å². The molecule has 0 aliphatic heterocycles. The van der Waals surface area contributed by atoms with Crippen LogP contribution in [-0.2, 0) is 0 Å². The maximum atomic E-state index is 3.85. The van der Waals surface area contributed by atoms with Crippen molar-refractivity contribution in [2.24, 2.45) is 0 Å². The van der Waals surface area contributed by atoms with Crippen LogP contribution in [0.4, 0.5) is 0 Å². The van der Waals surface area contributed by atoms with Gasteiger partial charge in [0.2, 0.25) is 0 Å². The predicted molar refractivity (Wildman–Crippen MR) is 67.8 cm³/mol. The molecule has 1 nitrogen and oxygen atoms in total. The molecule has 0 atom stereocenters. The lowest BCUT2D eigenvalue weighted by Crippen LogP contribution is -2.17. The summed E-state index contributed by atoms with van der Waals surface area (Å²) < 4.78 is 0. The first-order valence-electron chi connectivity index (χ1n) is 5.26. The van der Waals surface area contributed by atoms with Gasteiger partial charge in [0.25, 0.3) is 0 Å². The average Bonchev–Trinajstić information content (AvgIpc) is 2.18. The Morgan fingerprint density at radius 2 is 1.87 bits per heavy atom. The van der Waals surface area contributed by atoms with Crippen molar-refractivity contribution in [3.63, 3.8) is 0 Å². The molecular formula is C14H19N. The van der Waals surface area contributed by atoms with Gasteiger partial charge in [-0.05, 0) is 19.4 Å². The van der Waals surface area contributed by atoms with Crippen LogP contribution in [0.15, 0.2) is 48.1 Å². The van der Waals surface area contributed by atoms with Crippen molar-refractivity contribution < 1.29 is 0 Å². The van der Waals surface area contributed by atoms with E-state index in [-0.39, 0.29) is 0 Å². The molecule has 80 valence electrons. The SMILES string of the molecule is C=C(C)CNCC(C)=Cc1ccccc1. The Bertz CT molecular complexity index is 336. The van der Waals surface area contributed by atoms with Crippen LogP contribution in [-0.4, -0.2) is 13.1 Å². The van der Waals surface area contributed by atoms with Crippen molar-refractivity contribution in [3.05, 3.63) is 53.6 Å². The van der Waals surface area contributed by atoms with E-state index in [4.69, 9.17) is 0 Å². The molecule has 15 heavy (non-hydrogen) atoms. The fraction of sp³-hybridized carbons (Fsp3) is 0.286. The summed E-state index contributed by atoms with van der Waals surface area (Å²) in [5.74, 6) is 0. The van der Waals surface area contributed by atoms with E-state index in [1.165, 1.54) is 16.7 Å². The Balaban J connectivity index is 2.43. The Labute approximate surface area is 92.5 Å². The molecule has 1 aromatic rings. The molecule has 0 saturated carbocycles. The molecule has 0 aromatic heterocycles. The third kappa shape index (κ3) is 5.18. The van der Waals surface area contributed by atoms with Crippen LogP contribution in [0.3, 0.4) is 0 Å². The van der Waals surface area contributed by atoms with E-state index in [1.54, 1.807) is 0 Å². The molecule has 0 saturated heterocycles. The maximum Gasteiger partial charge on any atom is 0.0168 e. The molecule has 0 spiro atoms. The Morgan fingerprint density at radius 1 is 1.20 bits per heavy atom. The van der Waals surface area contributed by atoms with Crippen LogP contribution in [0.25, 0.3) is 6.08 Å². The van der Waals surface area contributed by atoms with Crippen molar-refractivity contribution in [2.45, 2.75) is 13.8 Å². The molecule has 0 fully saturated rings. The molecule has 0 radical (unpaired) electrons. The zero-order valence-corrected chi connectivity index (χ0v) is 9.59. The summed E-state index contributed by atoms with van der Waals surface area (Å²) >= 11 is 0. The van der Waals surface area contributed by atoms with Crippen molar-refractivity contribution in [1.82, 2.24) is 5.32 Å². The molecule has 1 N–H and O–H groups in total. The van der Waals surface area contributed by atoms with E-state index in [0.29, 0.717) is 0 Å². The van der Waals surface area contributed by atoms with Gasteiger partial charge in [0.05, 0.1) is 0 Å². The lowest BCUT2D eigenvalue weighted by molar-refractivity contribution is 0.794. The molecule has 1 rings (SSSR count). The molecule has 0 heterocycles. The third-order valence-electron chi connectivity index (χ3n) is 2.04. The van der Waals surface area contributed by atoms with Gasteiger partial charge in [-0.25, -0.2) is 0 Å². The molecule has 0 aliphatic carbocycles. The van der Waals surface area contributed by atoms with Crippen molar-refractivity contribution in [1.29, 1.82) is 0 Å². The Kier molecular flexibility index (Phi) is 4.85. The highest BCUT2D eigenvalue weighted by Gasteiger charge is 1.91. The highest BCUT2D eigenvalue weighted by Crippen LogP contribution is 2.05. The van der Waals surface area contributed by atoms with Gasteiger partial charge in [0.1, 0.15) is 0 Å². The van der Waals surface area contributed by atoms with Crippen LogP contribution < -0.4 is 5.32 Å². The first-order chi connectivity index (χ1) is 7.18. The summed E-state index contributed by atoms with van der Waals surface area (Å²) in [4.78, 5) is 0. The minimum absolute atomic E-state index is 0.889. The first-order valence-corrected chi connectivity index (χ1v) is 5.26. The molecule has 1 heteroatoms. The Hall–Kier alpha value is -1.34. The normalized spacial score (nSPS) is 11.5. The monoisotopic (exact) mass is 201 g/mol. The van der Waals surface area contributed by atoms with Gasteiger partial charge >= 0.3 is 0 Å². The fourth-order valence-corrected chi connectivity index (χ4v) is 1.36. The number of rotatable bonds is 5.